The highest BCUT2D eigenvalue weighted by Gasteiger charge is 2.12. The molecule has 0 aliphatic rings. The number of carbonyl (C=O) groups excluding carboxylic acids is 1. The van der Waals surface area contributed by atoms with E-state index in [0.29, 0.717) is 21.4 Å². The Morgan fingerprint density at radius 2 is 1.73 bits per heavy atom. The molecule has 0 radical (unpaired) electrons. The molecule has 0 saturated heterocycles. The van der Waals surface area contributed by atoms with E-state index in [2.05, 4.69) is 10.5 Å². The monoisotopic (exact) mass is 388 g/mol. The third-order valence-electron chi connectivity index (χ3n) is 3.71. The number of halogens is 2. The molecule has 3 aromatic carbocycles. The maximum absolute atomic E-state index is 12.3. The number of hydrazone groups is 1. The van der Waals surface area contributed by atoms with E-state index >= 15 is 0 Å². The van der Waals surface area contributed by atoms with Gasteiger partial charge in [-0.3, -0.25) is 4.79 Å². The summed E-state index contributed by atoms with van der Waals surface area (Å²) in [5.74, 6) is -0.280. The molecule has 0 fully saturated rings. The topological polar surface area (TPSA) is 70.9 Å². The molecular weight excluding hydrogens is 375 g/mol. The lowest BCUT2D eigenvalue weighted by atomic mass is 10.1. The Kier molecular flexibility index (Phi) is 5.30. The summed E-state index contributed by atoms with van der Waals surface area (Å²) in [7, 11) is 1.47. The van der Waals surface area contributed by atoms with Crippen LogP contribution in [0.25, 0.3) is 10.8 Å². The number of hydrogen-bond acceptors (Lipinski definition) is 4. The second kappa shape index (κ2) is 7.64. The molecule has 5 nitrogen and oxygen atoms in total. The summed E-state index contributed by atoms with van der Waals surface area (Å²) in [6.45, 7) is 0. The summed E-state index contributed by atoms with van der Waals surface area (Å²) >= 11 is 12.1. The number of fused-ring (bicyclic) bond motifs is 1. The third kappa shape index (κ3) is 3.74. The second-order valence-corrected chi connectivity index (χ2v) is 6.25. The molecule has 0 saturated carbocycles. The van der Waals surface area contributed by atoms with Crippen LogP contribution in [0.1, 0.15) is 15.9 Å². The number of nitrogens with zero attached hydrogens (tertiary/aromatic N) is 1. The number of nitrogens with one attached hydrogen (secondary N) is 1. The van der Waals surface area contributed by atoms with Gasteiger partial charge in [0.1, 0.15) is 5.75 Å². The van der Waals surface area contributed by atoms with Crippen LogP contribution in [-0.2, 0) is 0 Å². The number of phenols is 1. The van der Waals surface area contributed by atoms with Gasteiger partial charge in [-0.25, -0.2) is 5.43 Å². The van der Waals surface area contributed by atoms with Crippen molar-refractivity contribution in [1.82, 2.24) is 5.43 Å². The Morgan fingerprint density at radius 1 is 1.12 bits per heavy atom. The Hall–Kier alpha value is -2.76. The number of ether oxygens (including phenoxy) is 1. The molecule has 2 N–H and O–H groups in total. The van der Waals surface area contributed by atoms with Crippen molar-refractivity contribution in [3.05, 3.63) is 69.7 Å². The summed E-state index contributed by atoms with van der Waals surface area (Å²) < 4.78 is 5.07. The second-order valence-electron chi connectivity index (χ2n) is 5.43. The standard InChI is InChI=1S/C19H14Cl2N2O3/c1-26-18-15(20)6-11(7-16(18)21)10-22-23-19(25)14-8-12-4-2-3-5-13(12)9-17(14)24/h2-10,24H,1H3,(H,23,25). The van der Waals surface area contributed by atoms with Gasteiger partial charge < -0.3 is 9.84 Å². The van der Waals surface area contributed by atoms with Gasteiger partial charge in [0.15, 0.2) is 5.75 Å². The number of benzene rings is 3. The highest BCUT2D eigenvalue weighted by Crippen LogP contribution is 2.33. The minimum Gasteiger partial charge on any atom is -0.507 e. The largest absolute Gasteiger partial charge is 0.507 e. The predicted molar refractivity (Wildman–Crippen MR) is 104 cm³/mol. The van der Waals surface area contributed by atoms with E-state index in [-0.39, 0.29) is 11.3 Å². The molecule has 0 aromatic heterocycles. The molecular formula is C19H14Cl2N2O3. The van der Waals surface area contributed by atoms with Gasteiger partial charge in [-0.2, -0.15) is 5.10 Å². The highest BCUT2D eigenvalue weighted by molar-refractivity contribution is 6.37. The van der Waals surface area contributed by atoms with Gasteiger partial charge in [0, 0.05) is 0 Å². The van der Waals surface area contributed by atoms with Gasteiger partial charge in [0.05, 0.1) is 28.9 Å². The number of carbonyl (C=O) groups is 1. The number of aromatic hydroxyl groups is 1. The van der Waals surface area contributed by atoms with Crippen LogP contribution in [0.4, 0.5) is 0 Å². The van der Waals surface area contributed by atoms with Crippen molar-refractivity contribution in [2.75, 3.05) is 7.11 Å². The summed E-state index contributed by atoms with van der Waals surface area (Å²) in [6.07, 6.45) is 1.40. The molecule has 0 bridgehead atoms. The molecule has 7 heteroatoms. The summed E-state index contributed by atoms with van der Waals surface area (Å²) in [5, 5.41) is 16.3. The molecule has 0 aliphatic heterocycles. The molecule has 3 rings (SSSR count). The summed E-state index contributed by atoms with van der Waals surface area (Å²) in [4.78, 5) is 12.3. The lowest BCUT2D eigenvalue weighted by molar-refractivity contribution is 0.0952. The number of hydrogen-bond donors (Lipinski definition) is 2. The van der Waals surface area contributed by atoms with E-state index in [1.54, 1.807) is 18.2 Å². The van der Waals surface area contributed by atoms with E-state index in [4.69, 9.17) is 27.9 Å². The zero-order valence-electron chi connectivity index (χ0n) is 13.7. The number of phenolic OH excluding ortho intramolecular Hbond substituents is 1. The van der Waals surface area contributed by atoms with Gasteiger partial charge in [-0.05, 0) is 40.6 Å². The molecule has 0 unspecified atom stereocenters. The van der Waals surface area contributed by atoms with Gasteiger partial charge in [0.25, 0.3) is 5.91 Å². The van der Waals surface area contributed by atoms with Crippen LogP contribution in [0, 0.1) is 0 Å². The van der Waals surface area contributed by atoms with Crippen molar-refractivity contribution in [2.45, 2.75) is 0 Å². The lowest BCUT2D eigenvalue weighted by Gasteiger charge is -2.07. The Bertz CT molecular complexity index is 996. The maximum Gasteiger partial charge on any atom is 0.275 e. The first-order chi connectivity index (χ1) is 12.5. The minimum absolute atomic E-state index is 0.119. The number of rotatable bonds is 4. The van der Waals surface area contributed by atoms with Crippen LogP contribution in [0.2, 0.25) is 10.0 Å². The number of amides is 1. The molecule has 0 heterocycles. The van der Waals surface area contributed by atoms with E-state index in [1.807, 2.05) is 24.3 Å². The van der Waals surface area contributed by atoms with Crippen molar-refractivity contribution in [2.24, 2.45) is 5.10 Å². The van der Waals surface area contributed by atoms with E-state index < -0.39 is 5.91 Å². The zero-order chi connectivity index (χ0) is 18.7. The average molecular weight is 389 g/mol. The minimum atomic E-state index is -0.532. The molecule has 0 atom stereocenters. The normalized spacial score (nSPS) is 11.0. The van der Waals surface area contributed by atoms with Gasteiger partial charge >= 0.3 is 0 Å². The average Bonchev–Trinajstić information content (AvgIpc) is 2.60. The lowest BCUT2D eigenvalue weighted by Crippen LogP contribution is -2.17. The van der Waals surface area contributed by atoms with Crippen molar-refractivity contribution >= 4 is 46.1 Å². The highest BCUT2D eigenvalue weighted by atomic mass is 35.5. The van der Waals surface area contributed by atoms with Gasteiger partial charge in [0.2, 0.25) is 0 Å². The molecule has 1 amide bonds. The van der Waals surface area contributed by atoms with E-state index in [1.165, 1.54) is 19.4 Å². The van der Waals surface area contributed by atoms with E-state index in [0.717, 1.165) is 10.8 Å². The van der Waals surface area contributed by atoms with Crippen LogP contribution in [0.15, 0.2) is 53.6 Å². The van der Waals surface area contributed by atoms with Crippen molar-refractivity contribution in [3.63, 3.8) is 0 Å². The quantitative estimate of drug-likeness (QED) is 0.505. The first-order valence-corrected chi connectivity index (χ1v) is 8.33. The summed E-state index contributed by atoms with van der Waals surface area (Å²) in [5.41, 5.74) is 3.09. The zero-order valence-corrected chi connectivity index (χ0v) is 15.2. The summed E-state index contributed by atoms with van der Waals surface area (Å²) in [6, 6.07) is 13.8. The molecule has 3 aromatic rings. The van der Waals surface area contributed by atoms with Crippen molar-refractivity contribution < 1.29 is 14.6 Å². The Balaban J connectivity index is 1.79. The molecule has 26 heavy (non-hydrogen) atoms. The fourth-order valence-electron chi connectivity index (χ4n) is 2.48. The van der Waals surface area contributed by atoms with Crippen LogP contribution < -0.4 is 10.2 Å². The first kappa shape index (κ1) is 18.0. The molecule has 0 spiro atoms. The Labute approximate surface area is 159 Å². The predicted octanol–water partition coefficient (Wildman–Crippen LogP) is 4.62. The van der Waals surface area contributed by atoms with Crippen molar-refractivity contribution in [3.8, 4) is 11.5 Å². The van der Waals surface area contributed by atoms with Crippen LogP contribution in [0.3, 0.4) is 0 Å². The van der Waals surface area contributed by atoms with Crippen LogP contribution >= 0.6 is 23.2 Å². The first-order valence-electron chi connectivity index (χ1n) is 7.58. The smallest absolute Gasteiger partial charge is 0.275 e. The number of methoxy groups -OCH3 is 1. The van der Waals surface area contributed by atoms with Gasteiger partial charge in [-0.15, -0.1) is 0 Å². The third-order valence-corrected chi connectivity index (χ3v) is 4.27. The van der Waals surface area contributed by atoms with Gasteiger partial charge in [-0.1, -0.05) is 47.5 Å². The van der Waals surface area contributed by atoms with E-state index in [9.17, 15) is 9.90 Å². The molecule has 132 valence electrons. The Morgan fingerprint density at radius 3 is 2.35 bits per heavy atom. The van der Waals surface area contributed by atoms with Crippen LogP contribution in [-0.4, -0.2) is 24.3 Å². The SMILES string of the molecule is COc1c(Cl)cc(C=NNC(=O)c2cc3ccccc3cc2O)cc1Cl. The van der Waals surface area contributed by atoms with Crippen LogP contribution in [0.5, 0.6) is 11.5 Å². The maximum atomic E-state index is 12.3. The fourth-order valence-corrected chi connectivity index (χ4v) is 3.14. The molecule has 0 aliphatic carbocycles. The van der Waals surface area contributed by atoms with Crippen molar-refractivity contribution in [1.29, 1.82) is 0 Å². The fraction of sp³-hybridized carbons (Fsp3) is 0.0526.